The van der Waals surface area contributed by atoms with Crippen molar-refractivity contribution < 1.29 is 4.79 Å². The zero-order chi connectivity index (χ0) is 18.8. The van der Waals surface area contributed by atoms with Crippen molar-refractivity contribution in [3.63, 3.8) is 0 Å². The van der Waals surface area contributed by atoms with E-state index < -0.39 is 0 Å². The van der Waals surface area contributed by atoms with Crippen LogP contribution in [0.1, 0.15) is 18.4 Å². The Morgan fingerprint density at radius 1 is 1.04 bits per heavy atom. The number of nitrogens with zero attached hydrogens (tertiary/aromatic N) is 3. The minimum atomic E-state index is -0.0312. The zero-order valence-corrected chi connectivity index (χ0v) is 16.6. The Hall–Kier alpha value is -2.24. The molecule has 0 radical (unpaired) electrons. The summed E-state index contributed by atoms with van der Waals surface area (Å²) in [6.07, 6.45) is 4.46. The van der Waals surface area contributed by atoms with Crippen LogP contribution < -0.4 is 4.90 Å². The first-order valence-corrected chi connectivity index (χ1v) is 10.2. The fraction of sp³-hybridized carbons (Fsp3) is 0.238. The molecule has 0 N–H and O–H groups in total. The predicted octanol–water partition coefficient (Wildman–Crippen LogP) is 5.17. The predicted molar refractivity (Wildman–Crippen MR) is 115 cm³/mol. The van der Waals surface area contributed by atoms with Crippen molar-refractivity contribution >= 4 is 51.9 Å². The molecular weight excluding hydrogens is 378 g/mol. The first-order valence-electron chi connectivity index (χ1n) is 8.97. The lowest BCUT2D eigenvalue weighted by molar-refractivity contribution is -0.121. The summed E-state index contributed by atoms with van der Waals surface area (Å²) < 4.78 is 0. The molecule has 27 heavy (non-hydrogen) atoms. The number of hydrogen-bond acceptors (Lipinski definition) is 4. The smallest absolute Gasteiger partial charge is 0.266 e. The number of carbonyl (C=O) groups excluding carboxylic acids is 1. The number of aliphatic imine (C=N–C) groups is 1. The van der Waals surface area contributed by atoms with Gasteiger partial charge in [-0.3, -0.25) is 9.69 Å². The summed E-state index contributed by atoms with van der Waals surface area (Å²) in [5.41, 5.74) is 3.05. The molecule has 0 atom stereocenters. The first-order chi connectivity index (χ1) is 13.1. The Morgan fingerprint density at radius 2 is 1.70 bits per heavy atom. The van der Waals surface area contributed by atoms with Gasteiger partial charge in [-0.15, -0.1) is 0 Å². The maximum Gasteiger partial charge on any atom is 0.266 e. The largest absolute Gasteiger partial charge is 0.372 e. The van der Waals surface area contributed by atoms with Crippen LogP contribution >= 0.6 is 23.4 Å². The summed E-state index contributed by atoms with van der Waals surface area (Å²) in [7, 11) is 1.75. The third kappa shape index (κ3) is 4.04. The Balaban J connectivity index is 1.53. The number of halogens is 1. The number of thioether (sulfide) groups is 1. The number of amides is 1. The molecule has 6 heteroatoms. The quantitative estimate of drug-likeness (QED) is 0.670. The number of benzene rings is 2. The van der Waals surface area contributed by atoms with Crippen LogP contribution in [0.15, 0.2) is 58.4 Å². The highest BCUT2D eigenvalue weighted by Crippen LogP contribution is 2.33. The van der Waals surface area contributed by atoms with Crippen molar-refractivity contribution in [2.75, 3.05) is 25.0 Å². The molecule has 0 saturated carbocycles. The molecule has 2 aliphatic rings. The van der Waals surface area contributed by atoms with Gasteiger partial charge in [0.05, 0.1) is 10.6 Å². The van der Waals surface area contributed by atoms with Gasteiger partial charge in [-0.1, -0.05) is 23.7 Å². The first kappa shape index (κ1) is 18.1. The van der Waals surface area contributed by atoms with Gasteiger partial charge in [0.15, 0.2) is 5.17 Å². The molecule has 2 fully saturated rings. The van der Waals surface area contributed by atoms with E-state index in [-0.39, 0.29) is 5.91 Å². The summed E-state index contributed by atoms with van der Waals surface area (Å²) in [5, 5.41) is 1.34. The molecule has 138 valence electrons. The van der Waals surface area contributed by atoms with Crippen molar-refractivity contribution in [1.29, 1.82) is 0 Å². The van der Waals surface area contributed by atoms with E-state index in [0.717, 1.165) is 24.3 Å². The van der Waals surface area contributed by atoms with E-state index in [1.807, 2.05) is 18.2 Å². The van der Waals surface area contributed by atoms with Crippen molar-refractivity contribution in [3.8, 4) is 0 Å². The standard InChI is InChI=1S/C21H20ClN3OS/c1-24-20(26)19(27-21(24)23-17-8-6-16(22)7-9-17)14-15-4-10-18(11-5-15)25-12-2-3-13-25/h4-11,14H,2-3,12-13H2,1H3/b19-14-,23-21?. The van der Waals surface area contributed by atoms with Gasteiger partial charge in [-0.25, -0.2) is 4.99 Å². The Labute approximate surface area is 168 Å². The number of anilines is 1. The monoisotopic (exact) mass is 397 g/mol. The van der Waals surface area contributed by atoms with Crippen LogP contribution in [0.3, 0.4) is 0 Å². The van der Waals surface area contributed by atoms with Crippen LogP contribution in [0.2, 0.25) is 5.02 Å². The summed E-state index contributed by atoms with van der Waals surface area (Å²) in [4.78, 5) is 21.8. The molecule has 0 aromatic heterocycles. The molecule has 4 nitrogen and oxygen atoms in total. The average molecular weight is 398 g/mol. The van der Waals surface area contributed by atoms with Gasteiger partial charge >= 0.3 is 0 Å². The van der Waals surface area contributed by atoms with Crippen LogP contribution in [-0.4, -0.2) is 36.1 Å². The summed E-state index contributed by atoms with van der Waals surface area (Å²) in [5.74, 6) is -0.0312. The lowest BCUT2D eigenvalue weighted by Crippen LogP contribution is -2.23. The van der Waals surface area contributed by atoms with E-state index >= 15 is 0 Å². The van der Waals surface area contributed by atoms with Gasteiger partial charge < -0.3 is 4.90 Å². The average Bonchev–Trinajstić information content (AvgIpc) is 3.30. The van der Waals surface area contributed by atoms with Gasteiger partial charge in [0.1, 0.15) is 0 Å². The summed E-state index contributed by atoms with van der Waals surface area (Å²) in [6.45, 7) is 2.26. The molecule has 2 aromatic rings. The SMILES string of the molecule is CN1C(=O)/C(=C/c2ccc(N3CCCC3)cc2)SC1=Nc1ccc(Cl)cc1. The van der Waals surface area contributed by atoms with Crippen molar-refractivity contribution in [2.24, 2.45) is 4.99 Å². The number of rotatable bonds is 3. The fourth-order valence-corrected chi connectivity index (χ4v) is 4.30. The lowest BCUT2D eigenvalue weighted by Gasteiger charge is -2.17. The molecule has 0 bridgehead atoms. The Bertz CT molecular complexity index is 900. The Kier molecular flexibility index (Phi) is 5.23. The molecule has 2 aromatic carbocycles. The molecule has 1 amide bonds. The molecule has 2 heterocycles. The highest BCUT2D eigenvalue weighted by molar-refractivity contribution is 8.18. The van der Waals surface area contributed by atoms with E-state index in [9.17, 15) is 4.79 Å². The molecule has 0 aliphatic carbocycles. The van der Waals surface area contributed by atoms with Gasteiger partial charge in [-0.2, -0.15) is 0 Å². The minimum absolute atomic E-state index is 0.0312. The van der Waals surface area contributed by atoms with Gasteiger partial charge in [0, 0.05) is 30.8 Å². The topological polar surface area (TPSA) is 35.9 Å². The van der Waals surface area contributed by atoms with Crippen molar-refractivity contribution in [2.45, 2.75) is 12.8 Å². The molecule has 2 saturated heterocycles. The van der Waals surface area contributed by atoms with Crippen molar-refractivity contribution in [3.05, 3.63) is 64.0 Å². The van der Waals surface area contributed by atoms with Crippen molar-refractivity contribution in [1.82, 2.24) is 4.90 Å². The molecule has 4 rings (SSSR count). The molecule has 2 aliphatic heterocycles. The van der Waals surface area contributed by atoms with Crippen LogP contribution in [0.25, 0.3) is 6.08 Å². The van der Waals surface area contributed by atoms with E-state index in [2.05, 4.69) is 34.2 Å². The minimum Gasteiger partial charge on any atom is -0.372 e. The van der Waals surface area contributed by atoms with Gasteiger partial charge in [-0.05, 0) is 72.6 Å². The molecule has 0 unspecified atom stereocenters. The number of hydrogen-bond donors (Lipinski definition) is 0. The maximum atomic E-state index is 12.6. The molecular formula is C21H20ClN3OS. The third-order valence-corrected chi connectivity index (χ3v) is 6.03. The van der Waals surface area contributed by atoms with E-state index in [0.29, 0.717) is 15.1 Å². The van der Waals surface area contributed by atoms with Crippen LogP contribution in [0.4, 0.5) is 11.4 Å². The van der Waals surface area contributed by atoms with Crippen LogP contribution in [0.5, 0.6) is 0 Å². The van der Waals surface area contributed by atoms with E-state index in [4.69, 9.17) is 11.6 Å². The number of carbonyl (C=O) groups is 1. The zero-order valence-electron chi connectivity index (χ0n) is 15.1. The number of likely N-dealkylation sites (N-methyl/N-ethyl adjacent to an activating group) is 1. The highest BCUT2D eigenvalue weighted by Gasteiger charge is 2.30. The second-order valence-electron chi connectivity index (χ2n) is 6.63. The van der Waals surface area contributed by atoms with Crippen LogP contribution in [0, 0.1) is 0 Å². The highest BCUT2D eigenvalue weighted by atomic mass is 35.5. The van der Waals surface area contributed by atoms with Crippen LogP contribution in [-0.2, 0) is 4.79 Å². The maximum absolute atomic E-state index is 12.6. The fourth-order valence-electron chi connectivity index (χ4n) is 3.19. The van der Waals surface area contributed by atoms with Gasteiger partial charge in [0.25, 0.3) is 5.91 Å². The Morgan fingerprint density at radius 3 is 2.37 bits per heavy atom. The van der Waals surface area contributed by atoms with E-state index in [1.54, 1.807) is 24.1 Å². The second-order valence-corrected chi connectivity index (χ2v) is 8.08. The number of amidine groups is 1. The second kappa shape index (κ2) is 7.79. The van der Waals surface area contributed by atoms with E-state index in [1.165, 1.54) is 30.3 Å². The third-order valence-electron chi connectivity index (χ3n) is 4.72. The normalized spacial score (nSPS) is 20.3. The lowest BCUT2D eigenvalue weighted by atomic mass is 10.2. The summed E-state index contributed by atoms with van der Waals surface area (Å²) >= 11 is 7.31. The van der Waals surface area contributed by atoms with Gasteiger partial charge in [0.2, 0.25) is 0 Å². The summed E-state index contributed by atoms with van der Waals surface area (Å²) in [6, 6.07) is 15.7. The molecule has 0 spiro atoms.